The average molecular weight is 358 g/mol. The second kappa shape index (κ2) is 9.05. The predicted molar refractivity (Wildman–Crippen MR) is 82.7 cm³/mol. The first-order valence-electron chi connectivity index (χ1n) is 7.39. The van der Waals surface area contributed by atoms with Gasteiger partial charge in [-0.15, -0.1) is 0 Å². The Morgan fingerprint density at radius 2 is 1.96 bits per heavy atom. The predicted octanol–water partition coefficient (Wildman–Crippen LogP) is -2.38. The first-order chi connectivity index (χ1) is 11.6. The molecule has 0 fully saturated rings. The standard InChI is InChI=1S/C13H22N6O6/c1-5(21)10(6(2)22)17-13(24)16-8(3-9(15)23)12-18-11(19-25-12)7(14)4-20/h5,7-8,10,20-21H,3-4,14H2,1-2H3,(H2,15,23)(H2,16,17,24)/t5?,7-,8+,10-/m1/s1. The van der Waals surface area contributed by atoms with E-state index in [0.717, 1.165) is 0 Å². The molecule has 25 heavy (non-hydrogen) atoms. The fraction of sp³-hybridized carbons (Fsp3) is 0.615. The molecule has 8 N–H and O–H groups in total. The van der Waals surface area contributed by atoms with E-state index >= 15 is 0 Å². The molecule has 140 valence electrons. The van der Waals surface area contributed by atoms with Gasteiger partial charge in [-0.2, -0.15) is 4.98 Å². The Morgan fingerprint density at radius 3 is 2.44 bits per heavy atom. The molecule has 0 aromatic carbocycles. The molecule has 1 rings (SSSR count). The minimum absolute atomic E-state index is 0.0141. The summed E-state index contributed by atoms with van der Waals surface area (Å²) >= 11 is 0. The molecule has 0 aliphatic rings. The lowest BCUT2D eigenvalue weighted by Crippen LogP contribution is -2.51. The number of carbonyl (C=O) groups is 3. The van der Waals surface area contributed by atoms with Gasteiger partial charge in [0.05, 0.1) is 25.2 Å². The average Bonchev–Trinajstić information content (AvgIpc) is 3.00. The van der Waals surface area contributed by atoms with Gasteiger partial charge in [0.15, 0.2) is 11.6 Å². The number of aliphatic hydroxyl groups is 2. The molecular formula is C13H22N6O6. The summed E-state index contributed by atoms with van der Waals surface area (Å²) in [4.78, 5) is 38.6. The highest BCUT2D eigenvalue weighted by molar-refractivity contribution is 5.87. The van der Waals surface area contributed by atoms with Crippen molar-refractivity contribution in [2.45, 2.75) is 44.5 Å². The van der Waals surface area contributed by atoms with E-state index in [1.807, 2.05) is 0 Å². The third-order valence-electron chi connectivity index (χ3n) is 3.20. The molecule has 1 aromatic rings. The lowest BCUT2D eigenvalue weighted by Gasteiger charge is -2.20. The number of primary amides is 1. The molecule has 0 saturated heterocycles. The van der Waals surface area contributed by atoms with Gasteiger partial charge in [0.1, 0.15) is 12.1 Å². The molecule has 3 amide bonds. The number of aliphatic hydroxyl groups excluding tert-OH is 2. The highest BCUT2D eigenvalue weighted by Gasteiger charge is 2.27. The van der Waals surface area contributed by atoms with E-state index in [-0.39, 0.29) is 18.1 Å². The number of carbonyl (C=O) groups excluding carboxylic acids is 3. The molecular weight excluding hydrogens is 336 g/mol. The Balaban J connectivity index is 2.89. The number of nitrogens with two attached hydrogens (primary N) is 2. The molecule has 1 unspecified atom stereocenters. The third-order valence-corrected chi connectivity index (χ3v) is 3.20. The van der Waals surface area contributed by atoms with Gasteiger partial charge in [-0.05, 0) is 13.8 Å². The topological polar surface area (TPSA) is 207 Å². The van der Waals surface area contributed by atoms with Crippen molar-refractivity contribution in [3.05, 3.63) is 11.7 Å². The molecule has 0 radical (unpaired) electrons. The Labute approximate surface area is 142 Å². The summed E-state index contributed by atoms with van der Waals surface area (Å²) < 4.78 is 4.93. The molecule has 0 aliphatic carbocycles. The summed E-state index contributed by atoms with van der Waals surface area (Å²) in [5, 5.41) is 26.7. The van der Waals surface area contributed by atoms with Gasteiger partial charge in [-0.3, -0.25) is 9.59 Å². The second-order valence-corrected chi connectivity index (χ2v) is 5.45. The largest absolute Gasteiger partial charge is 0.394 e. The van der Waals surface area contributed by atoms with Crippen LogP contribution >= 0.6 is 0 Å². The number of rotatable bonds is 9. The Morgan fingerprint density at radius 1 is 1.32 bits per heavy atom. The summed E-state index contributed by atoms with van der Waals surface area (Å²) in [6.07, 6.45) is -1.47. The van der Waals surface area contributed by atoms with Crippen LogP contribution in [-0.4, -0.2) is 56.8 Å². The molecule has 1 aromatic heterocycles. The van der Waals surface area contributed by atoms with Gasteiger partial charge in [0, 0.05) is 0 Å². The van der Waals surface area contributed by atoms with Crippen LogP contribution < -0.4 is 22.1 Å². The molecule has 4 atom stereocenters. The maximum absolute atomic E-state index is 12.0. The molecule has 12 heteroatoms. The quantitative estimate of drug-likeness (QED) is 0.278. The maximum atomic E-state index is 12.0. The summed E-state index contributed by atoms with van der Waals surface area (Å²) in [7, 11) is 0. The van der Waals surface area contributed by atoms with Gasteiger partial charge < -0.3 is 36.8 Å². The van der Waals surface area contributed by atoms with Crippen molar-refractivity contribution in [3.63, 3.8) is 0 Å². The number of Topliss-reactive ketones (excluding diaryl/α,β-unsaturated/α-hetero) is 1. The van der Waals surface area contributed by atoms with Gasteiger partial charge in [-0.25, -0.2) is 4.79 Å². The van der Waals surface area contributed by atoms with Crippen molar-refractivity contribution in [2.24, 2.45) is 11.5 Å². The number of hydrogen-bond donors (Lipinski definition) is 6. The number of nitrogens with zero attached hydrogens (tertiary/aromatic N) is 2. The monoisotopic (exact) mass is 358 g/mol. The normalized spacial score (nSPS) is 15.7. The van der Waals surface area contributed by atoms with E-state index in [9.17, 15) is 19.5 Å². The fourth-order valence-electron chi connectivity index (χ4n) is 1.93. The van der Waals surface area contributed by atoms with E-state index in [4.69, 9.17) is 21.1 Å². The minimum Gasteiger partial charge on any atom is -0.394 e. The summed E-state index contributed by atoms with van der Waals surface area (Å²) in [6.45, 7) is 2.12. The molecule has 0 saturated carbocycles. The van der Waals surface area contributed by atoms with Crippen molar-refractivity contribution < 1.29 is 29.1 Å². The number of urea groups is 1. The van der Waals surface area contributed by atoms with Crippen LogP contribution in [0.5, 0.6) is 0 Å². The zero-order valence-electron chi connectivity index (χ0n) is 13.8. The summed E-state index contributed by atoms with van der Waals surface area (Å²) in [5.41, 5.74) is 10.7. The van der Waals surface area contributed by atoms with E-state index < -0.39 is 48.6 Å². The Hall–Kier alpha value is -2.57. The number of amides is 3. The van der Waals surface area contributed by atoms with Crippen LogP contribution in [0.3, 0.4) is 0 Å². The van der Waals surface area contributed by atoms with Gasteiger partial charge in [0.2, 0.25) is 11.8 Å². The minimum atomic E-state index is -1.13. The number of ketones is 1. The van der Waals surface area contributed by atoms with Gasteiger partial charge in [0.25, 0.3) is 0 Å². The second-order valence-electron chi connectivity index (χ2n) is 5.45. The summed E-state index contributed by atoms with van der Waals surface area (Å²) in [5.74, 6) is -1.37. The molecule has 0 aliphatic heterocycles. The van der Waals surface area contributed by atoms with Crippen molar-refractivity contribution in [3.8, 4) is 0 Å². The van der Waals surface area contributed by atoms with Gasteiger partial charge >= 0.3 is 6.03 Å². The first kappa shape index (κ1) is 20.5. The van der Waals surface area contributed by atoms with Crippen molar-refractivity contribution in [2.75, 3.05) is 6.61 Å². The van der Waals surface area contributed by atoms with Crippen molar-refractivity contribution >= 4 is 17.7 Å². The highest BCUT2D eigenvalue weighted by Crippen LogP contribution is 2.16. The van der Waals surface area contributed by atoms with Crippen LogP contribution in [-0.2, 0) is 9.59 Å². The van der Waals surface area contributed by atoms with Crippen molar-refractivity contribution in [1.29, 1.82) is 0 Å². The van der Waals surface area contributed by atoms with Crippen LogP contribution in [0.15, 0.2) is 4.52 Å². The van der Waals surface area contributed by atoms with Crippen LogP contribution in [0, 0.1) is 0 Å². The fourth-order valence-corrected chi connectivity index (χ4v) is 1.93. The molecule has 12 nitrogen and oxygen atoms in total. The summed E-state index contributed by atoms with van der Waals surface area (Å²) in [6, 6.07) is -3.95. The molecule has 0 bridgehead atoms. The van der Waals surface area contributed by atoms with Crippen LogP contribution in [0.4, 0.5) is 4.79 Å². The molecule has 0 spiro atoms. The zero-order valence-corrected chi connectivity index (χ0v) is 13.8. The van der Waals surface area contributed by atoms with E-state index in [1.54, 1.807) is 0 Å². The zero-order chi connectivity index (χ0) is 19.1. The Kier molecular flexibility index (Phi) is 7.42. The van der Waals surface area contributed by atoms with E-state index in [0.29, 0.717) is 0 Å². The molecule has 1 heterocycles. The number of nitrogens with one attached hydrogen (secondary N) is 2. The lowest BCUT2D eigenvalue weighted by molar-refractivity contribution is -0.121. The van der Waals surface area contributed by atoms with E-state index in [1.165, 1.54) is 13.8 Å². The van der Waals surface area contributed by atoms with Crippen LogP contribution in [0.1, 0.15) is 44.1 Å². The van der Waals surface area contributed by atoms with Crippen LogP contribution in [0.25, 0.3) is 0 Å². The van der Waals surface area contributed by atoms with Gasteiger partial charge in [-0.1, -0.05) is 5.16 Å². The van der Waals surface area contributed by atoms with E-state index in [2.05, 4.69) is 20.8 Å². The maximum Gasteiger partial charge on any atom is 0.316 e. The smallest absolute Gasteiger partial charge is 0.316 e. The third kappa shape index (κ3) is 6.10. The number of hydrogen-bond acceptors (Lipinski definition) is 9. The highest BCUT2D eigenvalue weighted by atomic mass is 16.5. The first-order valence-corrected chi connectivity index (χ1v) is 7.39. The lowest BCUT2D eigenvalue weighted by atomic mass is 10.1. The van der Waals surface area contributed by atoms with Crippen molar-refractivity contribution in [1.82, 2.24) is 20.8 Å². The Bertz CT molecular complexity index is 618. The number of aromatic nitrogens is 2. The SMILES string of the molecule is CC(=O)[C@H](NC(=O)N[C@@H](CC(N)=O)c1nc([C@H](N)CO)no1)C(C)O. The van der Waals surface area contributed by atoms with Crippen LogP contribution in [0.2, 0.25) is 0 Å².